The molecule has 0 saturated heterocycles. The summed E-state index contributed by atoms with van der Waals surface area (Å²) in [6, 6.07) is 8.38. The van der Waals surface area contributed by atoms with Gasteiger partial charge in [-0.15, -0.1) is 11.3 Å². The predicted octanol–water partition coefficient (Wildman–Crippen LogP) is 4.65. The van der Waals surface area contributed by atoms with Crippen molar-refractivity contribution in [1.82, 2.24) is 19.2 Å². The molecule has 0 saturated carbocycles. The lowest BCUT2D eigenvalue weighted by Gasteiger charge is -2.10. The molecule has 0 N–H and O–H groups in total. The highest BCUT2D eigenvalue weighted by atomic mass is 32.1. The van der Waals surface area contributed by atoms with Gasteiger partial charge in [-0.3, -0.25) is 4.57 Å². The van der Waals surface area contributed by atoms with Gasteiger partial charge in [0.05, 0.1) is 11.1 Å². The van der Waals surface area contributed by atoms with Crippen LogP contribution in [0.3, 0.4) is 0 Å². The maximum absolute atomic E-state index is 5.77. The van der Waals surface area contributed by atoms with Gasteiger partial charge in [-0.2, -0.15) is 9.61 Å². The standard InChI is InChI=1S/C18H16N4S2/c1-11-6-8-12(9-7-11)21-10-19-22-17(23)15-13-4-2-3-5-14(13)24-16(15)20-18(21)22/h6-10H,2-5H2,1H3. The minimum absolute atomic E-state index is 0.787. The summed E-state index contributed by atoms with van der Waals surface area (Å²) in [6.07, 6.45) is 6.59. The first-order valence-corrected chi connectivity index (χ1v) is 9.42. The maximum atomic E-state index is 5.77. The number of thiophene rings is 1. The first kappa shape index (κ1) is 14.3. The highest BCUT2D eigenvalue weighted by molar-refractivity contribution is 7.71. The average Bonchev–Trinajstić information content (AvgIpc) is 3.17. The third-order valence-corrected chi connectivity index (χ3v) is 6.32. The van der Waals surface area contributed by atoms with E-state index in [0.717, 1.165) is 39.2 Å². The summed E-state index contributed by atoms with van der Waals surface area (Å²) >= 11 is 7.58. The van der Waals surface area contributed by atoms with Crippen LogP contribution in [0.2, 0.25) is 0 Å². The summed E-state index contributed by atoms with van der Waals surface area (Å²) in [4.78, 5) is 7.44. The van der Waals surface area contributed by atoms with Gasteiger partial charge < -0.3 is 0 Å². The number of nitrogens with zero attached hydrogens (tertiary/aromatic N) is 4. The van der Waals surface area contributed by atoms with E-state index in [-0.39, 0.29) is 0 Å². The van der Waals surface area contributed by atoms with Crippen LogP contribution in [-0.2, 0) is 12.8 Å². The van der Waals surface area contributed by atoms with E-state index in [9.17, 15) is 0 Å². The predicted molar refractivity (Wildman–Crippen MR) is 99.9 cm³/mol. The Kier molecular flexibility index (Phi) is 3.11. The molecule has 0 fully saturated rings. The average molecular weight is 352 g/mol. The zero-order valence-corrected chi connectivity index (χ0v) is 15.0. The number of benzene rings is 1. The summed E-state index contributed by atoms with van der Waals surface area (Å²) in [7, 11) is 0. The Hall–Kier alpha value is -2.05. The Bertz CT molecular complexity index is 1130. The van der Waals surface area contributed by atoms with Crippen LogP contribution in [0.1, 0.15) is 28.8 Å². The third kappa shape index (κ3) is 1.99. The van der Waals surface area contributed by atoms with E-state index < -0.39 is 0 Å². The van der Waals surface area contributed by atoms with Gasteiger partial charge >= 0.3 is 0 Å². The molecule has 0 unspecified atom stereocenters. The Morgan fingerprint density at radius 1 is 1.12 bits per heavy atom. The van der Waals surface area contributed by atoms with Crippen LogP contribution in [-0.4, -0.2) is 19.2 Å². The number of hydrogen-bond donors (Lipinski definition) is 0. The van der Waals surface area contributed by atoms with Crippen molar-refractivity contribution < 1.29 is 0 Å². The molecule has 3 aromatic heterocycles. The monoisotopic (exact) mass is 352 g/mol. The van der Waals surface area contributed by atoms with Crippen LogP contribution in [0.25, 0.3) is 21.7 Å². The van der Waals surface area contributed by atoms with Crippen molar-refractivity contribution in [2.45, 2.75) is 32.6 Å². The molecule has 0 amide bonds. The highest BCUT2D eigenvalue weighted by Crippen LogP contribution is 2.36. The first-order chi connectivity index (χ1) is 11.7. The molecular formula is C18H16N4S2. The van der Waals surface area contributed by atoms with Gasteiger partial charge in [-0.05, 0) is 50.3 Å². The zero-order chi connectivity index (χ0) is 16.3. The van der Waals surface area contributed by atoms with Crippen molar-refractivity contribution >= 4 is 39.5 Å². The van der Waals surface area contributed by atoms with Crippen LogP contribution in [0, 0.1) is 11.6 Å². The molecule has 0 radical (unpaired) electrons. The van der Waals surface area contributed by atoms with E-state index >= 15 is 0 Å². The molecule has 1 aliphatic carbocycles. The zero-order valence-electron chi connectivity index (χ0n) is 13.3. The number of rotatable bonds is 1. The fourth-order valence-corrected chi connectivity index (χ4v) is 5.16. The number of fused-ring (bicyclic) bond motifs is 4. The SMILES string of the molecule is Cc1ccc(-n2cnn3c(=S)c4c5c(sc4nc23)CCCC5)cc1. The van der Waals surface area contributed by atoms with Crippen molar-refractivity contribution in [2.75, 3.05) is 0 Å². The van der Waals surface area contributed by atoms with Crippen molar-refractivity contribution in [3.63, 3.8) is 0 Å². The van der Waals surface area contributed by atoms with Crippen molar-refractivity contribution in [3.05, 3.63) is 51.2 Å². The summed E-state index contributed by atoms with van der Waals surface area (Å²) < 4.78 is 4.60. The van der Waals surface area contributed by atoms with Crippen LogP contribution in [0.5, 0.6) is 0 Å². The number of aryl methyl sites for hydroxylation is 3. The molecule has 4 nitrogen and oxygen atoms in total. The summed E-state index contributed by atoms with van der Waals surface area (Å²) in [6.45, 7) is 2.09. The molecule has 5 rings (SSSR count). The molecule has 0 aliphatic heterocycles. The molecule has 0 spiro atoms. The van der Waals surface area contributed by atoms with Gasteiger partial charge in [-0.25, -0.2) is 4.98 Å². The Morgan fingerprint density at radius 2 is 1.92 bits per heavy atom. The summed E-state index contributed by atoms with van der Waals surface area (Å²) in [5.41, 5.74) is 3.71. The fraction of sp³-hybridized carbons (Fsp3) is 0.278. The minimum Gasteiger partial charge on any atom is -0.267 e. The molecule has 24 heavy (non-hydrogen) atoms. The molecule has 6 heteroatoms. The van der Waals surface area contributed by atoms with Crippen LogP contribution in [0.4, 0.5) is 0 Å². The van der Waals surface area contributed by atoms with Gasteiger partial charge in [0.1, 0.15) is 15.8 Å². The molecular weight excluding hydrogens is 336 g/mol. The lowest BCUT2D eigenvalue weighted by molar-refractivity contribution is 0.700. The fourth-order valence-electron chi connectivity index (χ4n) is 3.49. The molecule has 1 aromatic carbocycles. The second-order valence-electron chi connectivity index (χ2n) is 6.36. The van der Waals surface area contributed by atoms with Crippen molar-refractivity contribution in [3.8, 4) is 5.69 Å². The lowest BCUT2D eigenvalue weighted by Crippen LogP contribution is -2.01. The van der Waals surface area contributed by atoms with E-state index in [1.165, 1.54) is 28.8 Å². The molecule has 4 aromatic rings. The largest absolute Gasteiger partial charge is 0.267 e. The van der Waals surface area contributed by atoms with Crippen molar-refractivity contribution in [1.29, 1.82) is 0 Å². The van der Waals surface area contributed by atoms with Gasteiger partial charge in [-0.1, -0.05) is 29.9 Å². The van der Waals surface area contributed by atoms with E-state index in [4.69, 9.17) is 17.2 Å². The molecule has 120 valence electrons. The van der Waals surface area contributed by atoms with Crippen LogP contribution >= 0.6 is 23.6 Å². The summed E-state index contributed by atoms with van der Waals surface area (Å²) in [5, 5.41) is 5.66. The Labute approximate surface area is 148 Å². The van der Waals surface area contributed by atoms with Gasteiger partial charge in [0, 0.05) is 4.88 Å². The van der Waals surface area contributed by atoms with Gasteiger partial charge in [0.25, 0.3) is 0 Å². The molecule has 1 aliphatic rings. The smallest absolute Gasteiger partial charge is 0.239 e. The lowest BCUT2D eigenvalue weighted by atomic mass is 9.97. The van der Waals surface area contributed by atoms with E-state index in [1.807, 2.05) is 4.57 Å². The van der Waals surface area contributed by atoms with Crippen LogP contribution < -0.4 is 0 Å². The second-order valence-corrected chi connectivity index (χ2v) is 7.83. The molecule has 3 heterocycles. The molecule has 0 atom stereocenters. The topological polar surface area (TPSA) is 35.1 Å². The maximum Gasteiger partial charge on any atom is 0.239 e. The van der Waals surface area contributed by atoms with Crippen LogP contribution in [0.15, 0.2) is 30.6 Å². The van der Waals surface area contributed by atoms with E-state index in [0.29, 0.717) is 0 Å². The Morgan fingerprint density at radius 3 is 2.75 bits per heavy atom. The molecule has 0 bridgehead atoms. The minimum atomic E-state index is 0.787. The highest BCUT2D eigenvalue weighted by Gasteiger charge is 2.20. The number of aromatic nitrogens is 4. The Balaban J connectivity index is 1.82. The normalized spacial score (nSPS) is 14.4. The van der Waals surface area contributed by atoms with Gasteiger partial charge in [0.15, 0.2) is 0 Å². The van der Waals surface area contributed by atoms with Gasteiger partial charge in [0.2, 0.25) is 5.78 Å². The van der Waals surface area contributed by atoms with E-state index in [2.05, 4.69) is 36.3 Å². The quantitative estimate of drug-likeness (QED) is 0.468. The summed E-state index contributed by atoms with van der Waals surface area (Å²) in [5.74, 6) is 0.787. The van der Waals surface area contributed by atoms with E-state index in [1.54, 1.807) is 22.2 Å². The first-order valence-electron chi connectivity index (χ1n) is 8.20. The third-order valence-electron chi connectivity index (χ3n) is 4.76. The van der Waals surface area contributed by atoms with Crippen molar-refractivity contribution in [2.24, 2.45) is 0 Å². The number of hydrogen-bond acceptors (Lipinski definition) is 4. The second kappa shape index (κ2) is 5.22.